The molecule has 2 aromatic carbocycles. The first-order valence-corrected chi connectivity index (χ1v) is 16.0. The highest BCUT2D eigenvalue weighted by Crippen LogP contribution is 2.35. The molecule has 0 unspecified atom stereocenters. The molecule has 0 saturated carbocycles. The van der Waals surface area contributed by atoms with Crippen LogP contribution in [0.4, 0.5) is 0 Å². The van der Waals surface area contributed by atoms with Crippen molar-refractivity contribution in [2.45, 2.75) is 77.0 Å². The lowest BCUT2D eigenvalue weighted by Crippen LogP contribution is -2.29. The standard InChI is InChI=1S/C30H40N2O5S2/c1-5-8-9-10-11-12-13-20-37-26-19-16-24(21-27(26)36-4)22-28-29(33)32(7-3)30(38-28)31-39(34,35)25-17-14-23(6-2)15-18-25/h14-19,21-22H,5-13,20H2,1-4H3/b28-22-,31-30?. The predicted molar refractivity (Wildman–Crippen MR) is 160 cm³/mol. The molecule has 0 aromatic heterocycles. The van der Waals surface area contributed by atoms with Crippen molar-refractivity contribution in [1.82, 2.24) is 4.90 Å². The summed E-state index contributed by atoms with van der Waals surface area (Å²) >= 11 is 1.06. The number of nitrogens with zero attached hydrogens (tertiary/aromatic N) is 2. The Kier molecular flexibility index (Phi) is 11.9. The fourth-order valence-electron chi connectivity index (χ4n) is 4.19. The van der Waals surface area contributed by atoms with Crippen molar-refractivity contribution in [3.05, 3.63) is 58.5 Å². The third kappa shape index (κ3) is 8.60. The van der Waals surface area contributed by atoms with E-state index in [0.29, 0.717) is 29.6 Å². The zero-order valence-corrected chi connectivity index (χ0v) is 25.1. The van der Waals surface area contributed by atoms with E-state index in [2.05, 4.69) is 11.3 Å². The Balaban J connectivity index is 1.70. The van der Waals surface area contributed by atoms with E-state index in [4.69, 9.17) is 9.47 Å². The smallest absolute Gasteiger partial charge is 0.284 e. The van der Waals surface area contributed by atoms with E-state index in [1.54, 1.807) is 44.4 Å². The molecule has 212 valence electrons. The van der Waals surface area contributed by atoms with Crippen LogP contribution in [0.5, 0.6) is 11.5 Å². The van der Waals surface area contributed by atoms with Gasteiger partial charge in [0.1, 0.15) is 0 Å². The van der Waals surface area contributed by atoms with Gasteiger partial charge < -0.3 is 9.47 Å². The van der Waals surface area contributed by atoms with Crippen molar-refractivity contribution in [2.24, 2.45) is 4.40 Å². The van der Waals surface area contributed by atoms with Crippen LogP contribution in [0.1, 0.15) is 76.8 Å². The largest absolute Gasteiger partial charge is 0.493 e. The van der Waals surface area contributed by atoms with Crippen molar-refractivity contribution in [3.63, 3.8) is 0 Å². The van der Waals surface area contributed by atoms with E-state index in [1.165, 1.54) is 37.0 Å². The molecule has 3 rings (SSSR count). The number of benzene rings is 2. The molecule has 1 fully saturated rings. The van der Waals surface area contributed by atoms with Gasteiger partial charge in [-0.15, -0.1) is 4.40 Å². The number of carbonyl (C=O) groups is 1. The summed E-state index contributed by atoms with van der Waals surface area (Å²) < 4.78 is 41.4. The first kappa shape index (κ1) is 30.8. The van der Waals surface area contributed by atoms with Gasteiger partial charge in [0.05, 0.1) is 23.5 Å². The summed E-state index contributed by atoms with van der Waals surface area (Å²) in [4.78, 5) is 14.9. The second kappa shape index (κ2) is 15.1. The number of sulfonamides is 1. The highest BCUT2D eigenvalue weighted by atomic mass is 32.2. The van der Waals surface area contributed by atoms with Gasteiger partial charge in [0.15, 0.2) is 16.7 Å². The van der Waals surface area contributed by atoms with Crippen LogP contribution in [0, 0.1) is 0 Å². The molecule has 1 aliphatic heterocycles. The monoisotopic (exact) mass is 572 g/mol. The van der Waals surface area contributed by atoms with E-state index in [-0.39, 0.29) is 16.0 Å². The second-order valence-electron chi connectivity index (χ2n) is 9.39. The van der Waals surface area contributed by atoms with E-state index in [9.17, 15) is 13.2 Å². The normalized spacial score (nSPS) is 15.9. The Bertz CT molecular complexity index is 1270. The van der Waals surface area contributed by atoms with Gasteiger partial charge in [-0.05, 0) is 73.0 Å². The Morgan fingerprint density at radius 3 is 2.26 bits per heavy atom. The Morgan fingerprint density at radius 1 is 0.923 bits per heavy atom. The maximum atomic E-state index is 13.1. The quantitative estimate of drug-likeness (QED) is 0.168. The number of unbranched alkanes of at least 4 members (excludes halogenated alkanes) is 6. The molecule has 1 aliphatic rings. The number of hydrogen-bond acceptors (Lipinski definition) is 6. The van der Waals surface area contributed by atoms with Crippen molar-refractivity contribution in [3.8, 4) is 11.5 Å². The zero-order valence-electron chi connectivity index (χ0n) is 23.4. The maximum absolute atomic E-state index is 13.1. The second-order valence-corrected chi connectivity index (χ2v) is 12.0. The number of methoxy groups -OCH3 is 1. The molecule has 1 saturated heterocycles. The van der Waals surface area contributed by atoms with E-state index in [0.717, 1.165) is 42.2 Å². The summed E-state index contributed by atoms with van der Waals surface area (Å²) in [6.07, 6.45) is 11.0. The summed E-state index contributed by atoms with van der Waals surface area (Å²) in [7, 11) is -2.37. The Labute approximate surface area is 237 Å². The van der Waals surface area contributed by atoms with Gasteiger partial charge in [0.25, 0.3) is 15.9 Å². The van der Waals surface area contributed by atoms with E-state index >= 15 is 0 Å². The lowest BCUT2D eigenvalue weighted by Gasteiger charge is -2.12. The molecule has 39 heavy (non-hydrogen) atoms. The lowest BCUT2D eigenvalue weighted by atomic mass is 10.1. The molecule has 1 heterocycles. The summed E-state index contributed by atoms with van der Waals surface area (Å²) in [6, 6.07) is 12.2. The van der Waals surface area contributed by atoms with Crippen LogP contribution in [0.25, 0.3) is 6.08 Å². The van der Waals surface area contributed by atoms with Crippen molar-refractivity contribution < 1.29 is 22.7 Å². The average molecular weight is 573 g/mol. The molecule has 0 radical (unpaired) electrons. The molecular formula is C30H40N2O5S2. The summed E-state index contributed by atoms with van der Waals surface area (Å²) in [5, 5.41) is 0.148. The van der Waals surface area contributed by atoms with Gasteiger partial charge in [0.2, 0.25) is 0 Å². The minimum absolute atomic E-state index is 0.102. The molecular weight excluding hydrogens is 532 g/mol. The van der Waals surface area contributed by atoms with Crippen LogP contribution in [0.2, 0.25) is 0 Å². The first-order chi connectivity index (χ1) is 18.8. The number of amidine groups is 1. The van der Waals surface area contributed by atoms with Crippen LogP contribution >= 0.6 is 11.8 Å². The van der Waals surface area contributed by atoms with Crippen LogP contribution in [-0.2, 0) is 21.2 Å². The summed E-state index contributed by atoms with van der Waals surface area (Å²) in [6.45, 7) is 6.95. The SMILES string of the molecule is CCCCCCCCCOc1ccc(/C=C2\SC(=NS(=O)(=O)c3ccc(CC)cc3)N(CC)C2=O)cc1OC. The number of rotatable bonds is 15. The number of carbonyl (C=O) groups excluding carboxylic acids is 1. The van der Waals surface area contributed by atoms with Crippen LogP contribution in [0.3, 0.4) is 0 Å². The number of likely N-dealkylation sites (N-methyl/N-ethyl adjacent to an activating group) is 1. The molecule has 0 aliphatic carbocycles. The van der Waals surface area contributed by atoms with Crippen LogP contribution in [-0.4, -0.2) is 44.7 Å². The third-order valence-electron chi connectivity index (χ3n) is 6.52. The van der Waals surface area contributed by atoms with Gasteiger partial charge >= 0.3 is 0 Å². The topological polar surface area (TPSA) is 85.3 Å². The summed E-state index contributed by atoms with van der Waals surface area (Å²) in [5.74, 6) is 0.965. The van der Waals surface area contributed by atoms with Crippen molar-refractivity contribution >= 4 is 38.9 Å². The highest BCUT2D eigenvalue weighted by Gasteiger charge is 2.34. The van der Waals surface area contributed by atoms with Gasteiger partial charge in [-0.1, -0.05) is 70.6 Å². The molecule has 7 nitrogen and oxygen atoms in total. The number of aryl methyl sites for hydroxylation is 1. The fraction of sp³-hybridized carbons (Fsp3) is 0.467. The van der Waals surface area contributed by atoms with E-state index < -0.39 is 10.0 Å². The predicted octanol–water partition coefficient (Wildman–Crippen LogP) is 7.07. The molecule has 0 N–H and O–H groups in total. The number of ether oxygens (including phenoxy) is 2. The molecule has 0 bridgehead atoms. The first-order valence-electron chi connectivity index (χ1n) is 13.8. The molecule has 9 heteroatoms. The minimum atomic E-state index is -3.96. The number of thioether (sulfide) groups is 1. The van der Waals surface area contributed by atoms with Gasteiger partial charge in [0, 0.05) is 6.54 Å². The molecule has 0 atom stereocenters. The fourth-order valence-corrected chi connectivity index (χ4v) is 6.44. The third-order valence-corrected chi connectivity index (χ3v) is 8.93. The molecule has 0 spiro atoms. The van der Waals surface area contributed by atoms with Crippen molar-refractivity contribution in [2.75, 3.05) is 20.3 Å². The van der Waals surface area contributed by atoms with Crippen LogP contribution < -0.4 is 9.47 Å². The Hall–Kier alpha value is -2.78. The van der Waals surface area contributed by atoms with Gasteiger partial charge in [-0.25, -0.2) is 0 Å². The van der Waals surface area contributed by atoms with Crippen molar-refractivity contribution in [1.29, 1.82) is 0 Å². The lowest BCUT2D eigenvalue weighted by molar-refractivity contribution is -0.122. The molecule has 2 aromatic rings. The van der Waals surface area contributed by atoms with Gasteiger partial charge in [-0.2, -0.15) is 8.42 Å². The van der Waals surface area contributed by atoms with Crippen LogP contribution in [0.15, 0.2) is 56.7 Å². The maximum Gasteiger partial charge on any atom is 0.284 e. The zero-order chi connectivity index (χ0) is 28.3. The highest BCUT2D eigenvalue weighted by molar-refractivity contribution is 8.19. The average Bonchev–Trinajstić information content (AvgIpc) is 3.23. The molecule has 1 amide bonds. The summed E-state index contributed by atoms with van der Waals surface area (Å²) in [5.41, 5.74) is 1.79. The number of amides is 1. The number of hydrogen-bond donors (Lipinski definition) is 0. The minimum Gasteiger partial charge on any atom is -0.493 e. The Morgan fingerprint density at radius 2 is 1.62 bits per heavy atom. The van der Waals surface area contributed by atoms with Gasteiger partial charge in [-0.3, -0.25) is 9.69 Å². The van der Waals surface area contributed by atoms with E-state index in [1.807, 2.05) is 25.1 Å².